The van der Waals surface area contributed by atoms with Gasteiger partial charge in [-0.3, -0.25) is 0 Å². The fraction of sp³-hybridized carbons (Fsp3) is 0.625. The molecule has 0 saturated heterocycles. The highest BCUT2D eigenvalue weighted by Gasteiger charge is 2.19. The summed E-state index contributed by atoms with van der Waals surface area (Å²) in [6.07, 6.45) is 0. The summed E-state index contributed by atoms with van der Waals surface area (Å²) in [7, 11) is 4.25. The topological polar surface area (TPSA) is 15.3 Å². The van der Waals surface area contributed by atoms with Crippen LogP contribution in [0.5, 0.6) is 0 Å². The molecule has 0 aliphatic heterocycles. The quantitative estimate of drug-likeness (QED) is 0.831. The van der Waals surface area contributed by atoms with Crippen LogP contribution in [0.2, 0.25) is 0 Å². The molecule has 0 bridgehead atoms. The van der Waals surface area contributed by atoms with Gasteiger partial charge in [-0.05, 0) is 45.0 Å². The third kappa shape index (κ3) is 4.43. The second-order valence-corrected chi connectivity index (χ2v) is 6.21. The first-order valence-electron chi connectivity index (χ1n) is 6.80. The molecule has 0 fully saturated rings. The van der Waals surface area contributed by atoms with Crippen molar-refractivity contribution in [3.05, 3.63) is 35.4 Å². The van der Waals surface area contributed by atoms with Crippen LogP contribution >= 0.6 is 0 Å². The summed E-state index contributed by atoms with van der Waals surface area (Å²) in [5.74, 6) is 0.611. The van der Waals surface area contributed by atoms with Crippen molar-refractivity contribution in [1.29, 1.82) is 0 Å². The lowest BCUT2D eigenvalue weighted by Crippen LogP contribution is -2.46. The third-order valence-electron chi connectivity index (χ3n) is 3.74. The highest BCUT2D eigenvalue weighted by atomic mass is 15.2. The van der Waals surface area contributed by atoms with Crippen molar-refractivity contribution in [2.45, 2.75) is 45.7 Å². The van der Waals surface area contributed by atoms with Crippen LogP contribution in [0.1, 0.15) is 44.7 Å². The molecule has 1 N–H and O–H groups in total. The third-order valence-corrected chi connectivity index (χ3v) is 3.74. The first-order valence-corrected chi connectivity index (χ1v) is 6.80. The Kier molecular flexibility index (Phi) is 5.36. The van der Waals surface area contributed by atoms with Crippen molar-refractivity contribution >= 4 is 0 Å². The van der Waals surface area contributed by atoms with Crippen LogP contribution in [0.4, 0.5) is 0 Å². The number of nitrogens with one attached hydrogen (secondary N) is 1. The molecule has 2 heteroatoms. The van der Waals surface area contributed by atoms with E-state index < -0.39 is 0 Å². The summed E-state index contributed by atoms with van der Waals surface area (Å²) in [5.41, 5.74) is 2.96. The van der Waals surface area contributed by atoms with Gasteiger partial charge in [0.15, 0.2) is 0 Å². The van der Waals surface area contributed by atoms with E-state index in [4.69, 9.17) is 0 Å². The Hall–Kier alpha value is -0.860. The highest BCUT2D eigenvalue weighted by molar-refractivity contribution is 5.24. The average molecular weight is 248 g/mol. The monoisotopic (exact) mass is 248 g/mol. The summed E-state index contributed by atoms with van der Waals surface area (Å²) in [5, 5.41) is 3.53. The number of hydrogen-bond acceptors (Lipinski definition) is 2. The maximum atomic E-state index is 3.53. The van der Waals surface area contributed by atoms with E-state index in [1.165, 1.54) is 11.1 Å². The number of rotatable bonds is 6. The molecule has 0 unspecified atom stereocenters. The largest absolute Gasteiger partial charge is 0.311 e. The molecule has 0 atom stereocenters. The van der Waals surface area contributed by atoms with E-state index in [0.717, 1.165) is 13.1 Å². The van der Waals surface area contributed by atoms with Crippen LogP contribution in [0.15, 0.2) is 24.3 Å². The number of likely N-dealkylation sites (N-methyl/N-ethyl adjacent to an activating group) is 1. The fourth-order valence-corrected chi connectivity index (χ4v) is 1.69. The molecular weight excluding hydrogens is 220 g/mol. The number of hydrogen-bond donors (Lipinski definition) is 1. The second kappa shape index (κ2) is 6.35. The molecule has 18 heavy (non-hydrogen) atoms. The molecule has 102 valence electrons. The Balaban J connectivity index is 2.45. The minimum absolute atomic E-state index is 0.192. The Morgan fingerprint density at radius 1 is 1.11 bits per heavy atom. The zero-order valence-corrected chi connectivity index (χ0v) is 12.7. The predicted molar refractivity (Wildman–Crippen MR) is 80.0 cm³/mol. The van der Waals surface area contributed by atoms with Gasteiger partial charge in [0.25, 0.3) is 0 Å². The molecule has 1 aromatic rings. The van der Waals surface area contributed by atoms with Crippen LogP contribution in [0.25, 0.3) is 0 Å². The maximum absolute atomic E-state index is 3.53. The lowest BCUT2D eigenvalue weighted by molar-refractivity contribution is 0.190. The van der Waals surface area contributed by atoms with Crippen molar-refractivity contribution in [2.24, 2.45) is 0 Å². The van der Waals surface area contributed by atoms with Gasteiger partial charge in [-0.15, -0.1) is 0 Å². The minimum atomic E-state index is 0.192. The van der Waals surface area contributed by atoms with Crippen molar-refractivity contribution in [2.75, 3.05) is 20.6 Å². The van der Waals surface area contributed by atoms with E-state index in [9.17, 15) is 0 Å². The summed E-state index contributed by atoms with van der Waals surface area (Å²) in [6.45, 7) is 10.9. The molecule has 1 rings (SSSR count). The SMILES string of the molecule is CC(C)c1ccc(CNCC(C)(C)N(C)C)cc1. The number of nitrogens with zero attached hydrogens (tertiary/aromatic N) is 1. The van der Waals surface area contributed by atoms with Crippen molar-refractivity contribution in [3.63, 3.8) is 0 Å². The highest BCUT2D eigenvalue weighted by Crippen LogP contribution is 2.15. The molecule has 0 saturated carbocycles. The number of benzene rings is 1. The van der Waals surface area contributed by atoms with Gasteiger partial charge in [0.2, 0.25) is 0 Å². The molecule has 0 aliphatic carbocycles. The van der Waals surface area contributed by atoms with Gasteiger partial charge in [-0.25, -0.2) is 0 Å². The first-order chi connectivity index (χ1) is 8.33. The Bertz CT molecular complexity index is 350. The van der Waals surface area contributed by atoms with E-state index in [0.29, 0.717) is 5.92 Å². The van der Waals surface area contributed by atoms with Crippen LogP contribution in [-0.4, -0.2) is 31.1 Å². The first kappa shape index (κ1) is 15.2. The molecule has 0 aliphatic rings. The van der Waals surface area contributed by atoms with Crippen molar-refractivity contribution < 1.29 is 0 Å². The molecule has 1 aromatic carbocycles. The lowest BCUT2D eigenvalue weighted by Gasteiger charge is -2.32. The van der Waals surface area contributed by atoms with E-state index in [2.05, 4.69) is 76.3 Å². The van der Waals surface area contributed by atoms with Crippen LogP contribution in [0, 0.1) is 0 Å². The van der Waals surface area contributed by atoms with Crippen LogP contribution in [-0.2, 0) is 6.54 Å². The Morgan fingerprint density at radius 2 is 1.67 bits per heavy atom. The van der Waals surface area contributed by atoms with Gasteiger partial charge in [0, 0.05) is 18.6 Å². The predicted octanol–water partition coefficient (Wildman–Crippen LogP) is 3.24. The van der Waals surface area contributed by atoms with E-state index in [-0.39, 0.29) is 5.54 Å². The van der Waals surface area contributed by atoms with Gasteiger partial charge in [-0.1, -0.05) is 38.1 Å². The standard InChI is InChI=1S/C16H28N2/c1-13(2)15-9-7-14(8-10-15)11-17-12-16(3,4)18(5)6/h7-10,13,17H,11-12H2,1-6H3. The van der Waals surface area contributed by atoms with Gasteiger partial charge < -0.3 is 10.2 Å². The smallest absolute Gasteiger partial charge is 0.0271 e. The van der Waals surface area contributed by atoms with Gasteiger partial charge in [0.1, 0.15) is 0 Å². The van der Waals surface area contributed by atoms with E-state index in [1.54, 1.807) is 0 Å². The molecular formula is C16H28N2. The molecule has 0 amide bonds. The average Bonchev–Trinajstić information content (AvgIpc) is 2.29. The van der Waals surface area contributed by atoms with Crippen LogP contribution < -0.4 is 5.32 Å². The second-order valence-electron chi connectivity index (χ2n) is 6.21. The van der Waals surface area contributed by atoms with Crippen LogP contribution in [0.3, 0.4) is 0 Å². The lowest BCUT2D eigenvalue weighted by atomic mass is 10.0. The normalized spacial score (nSPS) is 12.4. The summed E-state index contributed by atoms with van der Waals surface area (Å²) in [6, 6.07) is 8.92. The summed E-state index contributed by atoms with van der Waals surface area (Å²) >= 11 is 0. The Labute approximate surface area is 112 Å². The zero-order chi connectivity index (χ0) is 13.8. The fourth-order valence-electron chi connectivity index (χ4n) is 1.69. The maximum Gasteiger partial charge on any atom is 0.0271 e. The molecule has 0 spiro atoms. The summed E-state index contributed by atoms with van der Waals surface area (Å²) in [4.78, 5) is 2.25. The molecule has 0 radical (unpaired) electrons. The minimum Gasteiger partial charge on any atom is -0.311 e. The van der Waals surface area contributed by atoms with Gasteiger partial charge in [-0.2, -0.15) is 0 Å². The van der Waals surface area contributed by atoms with E-state index >= 15 is 0 Å². The van der Waals surface area contributed by atoms with Gasteiger partial charge in [0.05, 0.1) is 0 Å². The van der Waals surface area contributed by atoms with Crippen molar-refractivity contribution in [3.8, 4) is 0 Å². The molecule has 0 aromatic heterocycles. The van der Waals surface area contributed by atoms with Crippen molar-refractivity contribution in [1.82, 2.24) is 10.2 Å². The van der Waals surface area contributed by atoms with E-state index in [1.807, 2.05) is 0 Å². The summed E-state index contributed by atoms with van der Waals surface area (Å²) < 4.78 is 0. The molecule has 0 heterocycles. The zero-order valence-electron chi connectivity index (χ0n) is 12.7. The Morgan fingerprint density at radius 3 is 2.11 bits per heavy atom. The van der Waals surface area contributed by atoms with Gasteiger partial charge >= 0.3 is 0 Å². The molecule has 2 nitrogen and oxygen atoms in total.